The average molecular weight is 382 g/mol. The SMILES string of the molecule is CNS(=O)(=O)c1cc(NC(=O)C2CC(C(F)(F)F)CN2OC)ccn1. The summed E-state index contributed by atoms with van der Waals surface area (Å²) in [6, 6.07) is 1.30. The van der Waals surface area contributed by atoms with Gasteiger partial charge in [0, 0.05) is 24.5 Å². The topological polar surface area (TPSA) is 101 Å². The summed E-state index contributed by atoms with van der Waals surface area (Å²) in [6.45, 7) is -0.451. The average Bonchev–Trinajstić information content (AvgIpc) is 3.00. The van der Waals surface area contributed by atoms with E-state index in [1.807, 2.05) is 0 Å². The van der Waals surface area contributed by atoms with Gasteiger partial charge in [-0.3, -0.25) is 4.79 Å². The molecule has 0 bridgehead atoms. The number of aromatic nitrogens is 1. The molecule has 140 valence electrons. The Kier molecular flexibility index (Phi) is 5.66. The first-order valence-corrected chi connectivity index (χ1v) is 8.64. The normalized spacial score (nSPS) is 22.1. The highest BCUT2D eigenvalue weighted by atomic mass is 32.2. The van der Waals surface area contributed by atoms with Crippen LogP contribution < -0.4 is 10.0 Å². The second-order valence-corrected chi connectivity index (χ2v) is 7.19. The summed E-state index contributed by atoms with van der Waals surface area (Å²) < 4.78 is 64.1. The van der Waals surface area contributed by atoms with Crippen molar-refractivity contribution in [3.8, 4) is 0 Å². The number of hydrogen-bond acceptors (Lipinski definition) is 6. The van der Waals surface area contributed by atoms with Crippen LogP contribution in [-0.2, 0) is 19.7 Å². The van der Waals surface area contributed by atoms with E-state index >= 15 is 0 Å². The molecule has 1 fully saturated rings. The first kappa shape index (κ1) is 19.6. The Morgan fingerprint density at radius 2 is 2.12 bits per heavy atom. The maximum Gasteiger partial charge on any atom is 0.393 e. The van der Waals surface area contributed by atoms with Gasteiger partial charge in [0.25, 0.3) is 10.0 Å². The van der Waals surface area contributed by atoms with Crippen LogP contribution in [0, 0.1) is 5.92 Å². The molecule has 1 aliphatic rings. The molecule has 12 heteroatoms. The number of rotatable bonds is 5. The molecule has 8 nitrogen and oxygen atoms in total. The lowest BCUT2D eigenvalue weighted by Crippen LogP contribution is -2.39. The van der Waals surface area contributed by atoms with Gasteiger partial charge in [-0.1, -0.05) is 0 Å². The second kappa shape index (κ2) is 7.23. The van der Waals surface area contributed by atoms with Crippen LogP contribution in [0.1, 0.15) is 6.42 Å². The Hall–Kier alpha value is -1.76. The molecule has 2 unspecified atom stereocenters. The van der Waals surface area contributed by atoms with Crippen LogP contribution in [0.4, 0.5) is 18.9 Å². The molecule has 0 aromatic carbocycles. The summed E-state index contributed by atoms with van der Waals surface area (Å²) in [4.78, 5) is 20.8. The predicted molar refractivity (Wildman–Crippen MR) is 80.8 cm³/mol. The molecule has 2 atom stereocenters. The Morgan fingerprint density at radius 3 is 2.68 bits per heavy atom. The maximum atomic E-state index is 12.9. The lowest BCUT2D eigenvalue weighted by Gasteiger charge is -2.20. The van der Waals surface area contributed by atoms with Gasteiger partial charge >= 0.3 is 6.18 Å². The van der Waals surface area contributed by atoms with Crippen LogP contribution in [0.25, 0.3) is 0 Å². The monoisotopic (exact) mass is 382 g/mol. The fraction of sp³-hybridized carbons (Fsp3) is 0.538. The Labute approximate surface area is 142 Å². The van der Waals surface area contributed by atoms with Gasteiger partial charge < -0.3 is 10.2 Å². The standard InChI is InChI=1S/C13H17F3N4O4S/c1-17-25(22,23)11-6-9(3-4-18-11)19-12(21)10-5-8(13(14,15)16)7-20(10)24-2/h3-4,6,8,10,17H,5,7H2,1-2H3,(H,18,19,21). The third-order valence-corrected chi connectivity index (χ3v) is 5.11. The van der Waals surface area contributed by atoms with Crippen LogP contribution in [0.5, 0.6) is 0 Å². The van der Waals surface area contributed by atoms with Crippen molar-refractivity contribution >= 4 is 21.6 Å². The molecule has 25 heavy (non-hydrogen) atoms. The molecule has 1 saturated heterocycles. The number of pyridine rings is 1. The number of nitrogens with one attached hydrogen (secondary N) is 2. The first-order valence-electron chi connectivity index (χ1n) is 7.16. The van der Waals surface area contributed by atoms with E-state index in [1.165, 1.54) is 26.4 Å². The minimum Gasteiger partial charge on any atom is -0.324 e. The van der Waals surface area contributed by atoms with E-state index in [4.69, 9.17) is 4.84 Å². The number of nitrogens with zero attached hydrogens (tertiary/aromatic N) is 2. The third-order valence-electron chi connectivity index (χ3n) is 3.80. The number of amides is 1. The molecule has 0 saturated carbocycles. The number of halogens is 3. The molecule has 2 N–H and O–H groups in total. The van der Waals surface area contributed by atoms with Crippen molar-refractivity contribution in [2.24, 2.45) is 5.92 Å². The minimum atomic E-state index is -4.43. The highest BCUT2D eigenvalue weighted by molar-refractivity contribution is 7.89. The van der Waals surface area contributed by atoms with Crippen molar-refractivity contribution < 1.29 is 31.2 Å². The summed E-state index contributed by atoms with van der Waals surface area (Å²) >= 11 is 0. The van der Waals surface area contributed by atoms with Crippen LogP contribution in [0.3, 0.4) is 0 Å². The van der Waals surface area contributed by atoms with Gasteiger partial charge in [0.1, 0.15) is 6.04 Å². The fourth-order valence-electron chi connectivity index (χ4n) is 2.45. The number of carbonyl (C=O) groups excluding carboxylic acids is 1. The van der Waals surface area contributed by atoms with Gasteiger partial charge in [-0.15, -0.1) is 0 Å². The zero-order valence-corrected chi connectivity index (χ0v) is 14.2. The molecule has 0 radical (unpaired) electrons. The van der Waals surface area contributed by atoms with Crippen LogP contribution in [0.15, 0.2) is 23.4 Å². The Bertz CT molecular complexity index is 741. The predicted octanol–water partition coefficient (Wildman–Crippen LogP) is 0.742. The molecule has 2 heterocycles. The van der Waals surface area contributed by atoms with Gasteiger partial charge in [-0.2, -0.15) is 18.2 Å². The van der Waals surface area contributed by atoms with Gasteiger partial charge in [-0.05, 0) is 19.5 Å². The zero-order chi connectivity index (χ0) is 18.8. The van der Waals surface area contributed by atoms with Crippen LogP contribution >= 0.6 is 0 Å². The Morgan fingerprint density at radius 1 is 1.44 bits per heavy atom. The molecule has 1 aromatic rings. The lowest BCUT2D eigenvalue weighted by molar-refractivity contribution is -0.187. The summed E-state index contributed by atoms with van der Waals surface area (Å²) in [7, 11) is -1.43. The summed E-state index contributed by atoms with van der Waals surface area (Å²) in [6.07, 6.45) is -3.71. The van der Waals surface area contributed by atoms with Gasteiger partial charge in [-0.25, -0.2) is 18.1 Å². The van der Waals surface area contributed by atoms with Gasteiger partial charge in [0.2, 0.25) is 5.91 Å². The molecule has 1 aromatic heterocycles. The quantitative estimate of drug-likeness (QED) is 0.779. The number of hydroxylamine groups is 2. The molecular weight excluding hydrogens is 365 g/mol. The largest absolute Gasteiger partial charge is 0.393 e. The summed E-state index contributed by atoms with van der Waals surface area (Å²) in [5.41, 5.74) is 0.0975. The van der Waals surface area contributed by atoms with E-state index < -0.39 is 47.0 Å². The summed E-state index contributed by atoms with van der Waals surface area (Å²) in [5.74, 6) is -2.41. The van der Waals surface area contributed by atoms with Crippen molar-refractivity contribution in [1.82, 2.24) is 14.8 Å². The molecule has 2 rings (SSSR count). The lowest BCUT2D eigenvalue weighted by atomic mass is 10.0. The summed E-state index contributed by atoms with van der Waals surface area (Å²) in [5, 5.41) is 3.03. The number of anilines is 1. The molecule has 0 aliphatic carbocycles. The number of hydrogen-bond donors (Lipinski definition) is 2. The maximum absolute atomic E-state index is 12.9. The Balaban J connectivity index is 2.15. The number of sulfonamides is 1. The van der Waals surface area contributed by atoms with E-state index in [0.717, 1.165) is 11.1 Å². The van der Waals surface area contributed by atoms with Crippen molar-refractivity contribution in [2.75, 3.05) is 26.0 Å². The van der Waals surface area contributed by atoms with Crippen molar-refractivity contribution in [3.05, 3.63) is 18.3 Å². The molecule has 1 aliphatic heterocycles. The number of alkyl halides is 3. The molecular formula is C13H17F3N4O4S. The van der Waals surface area contributed by atoms with Crippen molar-refractivity contribution in [2.45, 2.75) is 23.7 Å². The van der Waals surface area contributed by atoms with E-state index in [1.54, 1.807) is 0 Å². The van der Waals surface area contributed by atoms with Gasteiger partial charge in [0.05, 0.1) is 13.0 Å². The third kappa shape index (κ3) is 4.45. The zero-order valence-electron chi connectivity index (χ0n) is 13.4. The van der Waals surface area contributed by atoms with Gasteiger partial charge in [0.15, 0.2) is 5.03 Å². The van der Waals surface area contributed by atoms with E-state index in [9.17, 15) is 26.4 Å². The molecule has 0 spiro atoms. The smallest absolute Gasteiger partial charge is 0.324 e. The minimum absolute atomic E-state index is 0.0975. The van der Waals surface area contributed by atoms with E-state index in [0.29, 0.717) is 0 Å². The van der Waals surface area contributed by atoms with Crippen molar-refractivity contribution in [3.63, 3.8) is 0 Å². The van der Waals surface area contributed by atoms with Crippen molar-refractivity contribution in [1.29, 1.82) is 0 Å². The van der Waals surface area contributed by atoms with E-state index in [2.05, 4.69) is 15.0 Å². The van der Waals surface area contributed by atoms with E-state index in [-0.39, 0.29) is 10.7 Å². The van der Waals surface area contributed by atoms with Crippen LogP contribution in [-0.4, -0.2) is 57.3 Å². The fourth-order valence-corrected chi connectivity index (χ4v) is 3.14. The first-order chi connectivity index (χ1) is 11.6. The highest BCUT2D eigenvalue weighted by Crippen LogP contribution is 2.36. The molecule has 1 amide bonds. The van der Waals surface area contributed by atoms with Crippen LogP contribution in [0.2, 0.25) is 0 Å². The highest BCUT2D eigenvalue weighted by Gasteiger charge is 2.50. The second-order valence-electron chi connectivity index (χ2n) is 5.35. The number of carbonyl (C=O) groups is 1.